The molecule has 0 aliphatic heterocycles. The van der Waals surface area contributed by atoms with E-state index in [1.165, 1.54) is 7.11 Å². The summed E-state index contributed by atoms with van der Waals surface area (Å²) in [6.45, 7) is 0. The molecule has 138 valence electrons. The molecular formula is C24H18BrNO2. The minimum atomic E-state index is -0.534. The maximum atomic E-state index is 12.8. The van der Waals surface area contributed by atoms with Crippen molar-refractivity contribution in [1.82, 2.24) is 4.98 Å². The summed E-state index contributed by atoms with van der Waals surface area (Å²) >= 11 is 3.55. The number of rotatable bonds is 4. The average molecular weight is 432 g/mol. The molecule has 0 aliphatic carbocycles. The number of fused-ring (bicyclic) bond motifs is 1. The van der Waals surface area contributed by atoms with Gasteiger partial charge in [-0.25, -0.2) is 4.98 Å². The quantitative estimate of drug-likeness (QED) is 0.373. The molecule has 0 amide bonds. The van der Waals surface area contributed by atoms with Gasteiger partial charge in [0.2, 0.25) is 0 Å². The number of hydrogen-bond donors (Lipinski definition) is 0. The van der Waals surface area contributed by atoms with Crippen LogP contribution in [-0.2, 0) is 9.53 Å². The lowest BCUT2D eigenvalue weighted by molar-refractivity contribution is -0.141. The first-order valence-corrected chi connectivity index (χ1v) is 9.75. The number of hydrogen-bond acceptors (Lipinski definition) is 3. The Kier molecular flexibility index (Phi) is 5.22. The monoisotopic (exact) mass is 431 g/mol. The number of nitrogens with zero attached hydrogens (tertiary/aromatic N) is 1. The Labute approximate surface area is 172 Å². The predicted octanol–water partition coefficient (Wildman–Crippen LogP) is 5.97. The number of methoxy groups -OCH3 is 1. The second kappa shape index (κ2) is 7.95. The first kappa shape index (κ1) is 18.4. The van der Waals surface area contributed by atoms with Gasteiger partial charge in [-0.05, 0) is 35.4 Å². The van der Waals surface area contributed by atoms with Crippen LogP contribution in [0, 0.1) is 0 Å². The molecule has 0 saturated carbocycles. The van der Waals surface area contributed by atoms with Gasteiger partial charge in [0.25, 0.3) is 0 Å². The van der Waals surface area contributed by atoms with Crippen LogP contribution in [0.25, 0.3) is 22.2 Å². The smallest absolute Gasteiger partial charge is 0.317 e. The second-order valence-electron chi connectivity index (χ2n) is 6.49. The Morgan fingerprint density at radius 1 is 0.929 bits per heavy atom. The molecule has 0 N–H and O–H groups in total. The Hall–Kier alpha value is -2.98. The zero-order valence-corrected chi connectivity index (χ0v) is 16.9. The lowest BCUT2D eigenvalue weighted by Crippen LogP contribution is -2.16. The Balaban J connectivity index is 2.02. The van der Waals surface area contributed by atoms with Crippen LogP contribution >= 0.6 is 15.9 Å². The number of aromatic nitrogens is 1. The molecule has 1 aromatic heterocycles. The molecule has 28 heavy (non-hydrogen) atoms. The van der Waals surface area contributed by atoms with Crippen LogP contribution in [0.4, 0.5) is 0 Å². The summed E-state index contributed by atoms with van der Waals surface area (Å²) in [6.07, 6.45) is 0. The highest BCUT2D eigenvalue weighted by Gasteiger charge is 2.26. The SMILES string of the molecule is COC(=O)C(c1ccccc1)c1cc(-c2ccccc2)nc2ccc(Br)cc12. The third-order valence-corrected chi connectivity index (χ3v) is 5.25. The van der Waals surface area contributed by atoms with Crippen molar-refractivity contribution in [3.63, 3.8) is 0 Å². The standard InChI is InChI=1S/C24H18BrNO2/c1-28-24(27)23(17-10-6-3-7-11-17)20-15-22(16-8-4-2-5-9-16)26-21-13-12-18(25)14-19(20)21/h2-15,23H,1H3. The van der Waals surface area contributed by atoms with Crippen molar-refractivity contribution in [1.29, 1.82) is 0 Å². The van der Waals surface area contributed by atoms with E-state index in [-0.39, 0.29) is 5.97 Å². The number of ether oxygens (including phenoxy) is 1. The van der Waals surface area contributed by atoms with Crippen molar-refractivity contribution in [3.05, 3.63) is 101 Å². The maximum absolute atomic E-state index is 12.8. The van der Waals surface area contributed by atoms with Gasteiger partial charge < -0.3 is 4.74 Å². The zero-order valence-electron chi connectivity index (χ0n) is 15.3. The molecule has 0 bridgehead atoms. The van der Waals surface area contributed by atoms with E-state index in [4.69, 9.17) is 9.72 Å². The summed E-state index contributed by atoms with van der Waals surface area (Å²) in [7, 11) is 1.43. The largest absolute Gasteiger partial charge is 0.468 e. The predicted molar refractivity (Wildman–Crippen MR) is 115 cm³/mol. The highest BCUT2D eigenvalue weighted by atomic mass is 79.9. The average Bonchev–Trinajstić information content (AvgIpc) is 2.75. The van der Waals surface area contributed by atoms with E-state index in [0.717, 1.165) is 37.8 Å². The Morgan fingerprint density at radius 2 is 1.61 bits per heavy atom. The van der Waals surface area contributed by atoms with Crippen molar-refractivity contribution in [3.8, 4) is 11.3 Å². The lowest BCUT2D eigenvalue weighted by Gasteiger charge is -2.19. The molecule has 1 heterocycles. The van der Waals surface area contributed by atoms with Gasteiger partial charge >= 0.3 is 5.97 Å². The second-order valence-corrected chi connectivity index (χ2v) is 7.41. The molecule has 0 spiro atoms. The van der Waals surface area contributed by atoms with Gasteiger partial charge in [-0.2, -0.15) is 0 Å². The summed E-state index contributed by atoms with van der Waals surface area (Å²) in [5.41, 5.74) is 4.44. The molecule has 1 unspecified atom stereocenters. The number of carbonyl (C=O) groups excluding carboxylic acids is 1. The van der Waals surface area contributed by atoms with E-state index in [1.54, 1.807) is 0 Å². The first-order valence-electron chi connectivity index (χ1n) is 8.96. The minimum Gasteiger partial charge on any atom is -0.468 e. The van der Waals surface area contributed by atoms with Crippen LogP contribution in [0.15, 0.2) is 89.4 Å². The van der Waals surface area contributed by atoms with Gasteiger partial charge in [0.15, 0.2) is 0 Å². The third-order valence-electron chi connectivity index (χ3n) is 4.75. The van der Waals surface area contributed by atoms with E-state index in [1.807, 2.05) is 84.9 Å². The molecular weight excluding hydrogens is 414 g/mol. The van der Waals surface area contributed by atoms with Gasteiger partial charge in [-0.15, -0.1) is 0 Å². The van der Waals surface area contributed by atoms with Gasteiger partial charge in [0.05, 0.1) is 18.3 Å². The van der Waals surface area contributed by atoms with Gasteiger partial charge in [-0.1, -0.05) is 76.6 Å². The summed E-state index contributed by atoms with van der Waals surface area (Å²) in [6, 6.07) is 27.6. The van der Waals surface area contributed by atoms with Crippen LogP contribution in [0.3, 0.4) is 0 Å². The third kappa shape index (κ3) is 3.56. The van der Waals surface area contributed by atoms with Crippen molar-refractivity contribution in [2.75, 3.05) is 7.11 Å². The lowest BCUT2D eigenvalue weighted by atomic mass is 9.88. The fourth-order valence-corrected chi connectivity index (χ4v) is 3.79. The van der Waals surface area contributed by atoms with Crippen LogP contribution in [0.1, 0.15) is 17.0 Å². The highest BCUT2D eigenvalue weighted by Crippen LogP contribution is 2.35. The molecule has 3 nitrogen and oxygen atoms in total. The van der Waals surface area contributed by atoms with E-state index in [2.05, 4.69) is 15.9 Å². The fourth-order valence-electron chi connectivity index (χ4n) is 3.43. The van der Waals surface area contributed by atoms with E-state index >= 15 is 0 Å². The summed E-state index contributed by atoms with van der Waals surface area (Å²) < 4.78 is 6.11. The number of pyridine rings is 1. The maximum Gasteiger partial charge on any atom is 0.317 e. The highest BCUT2D eigenvalue weighted by molar-refractivity contribution is 9.10. The van der Waals surface area contributed by atoms with Crippen LogP contribution in [0.2, 0.25) is 0 Å². The Morgan fingerprint density at radius 3 is 2.29 bits per heavy atom. The number of esters is 1. The summed E-state index contributed by atoms with van der Waals surface area (Å²) in [5.74, 6) is -0.828. The summed E-state index contributed by atoms with van der Waals surface area (Å²) in [5, 5.41) is 0.924. The Bertz CT molecular complexity index is 1130. The number of halogens is 1. The molecule has 1 atom stereocenters. The fraction of sp³-hybridized carbons (Fsp3) is 0.0833. The topological polar surface area (TPSA) is 39.2 Å². The van der Waals surface area contributed by atoms with Gasteiger partial charge in [0.1, 0.15) is 5.92 Å². The van der Waals surface area contributed by atoms with Crippen molar-refractivity contribution >= 4 is 32.8 Å². The molecule has 4 aromatic rings. The van der Waals surface area contributed by atoms with E-state index < -0.39 is 5.92 Å². The van der Waals surface area contributed by atoms with Crippen molar-refractivity contribution in [2.45, 2.75) is 5.92 Å². The molecule has 4 heteroatoms. The molecule has 3 aromatic carbocycles. The minimum absolute atomic E-state index is 0.294. The normalized spacial score (nSPS) is 11.9. The summed E-state index contributed by atoms with van der Waals surface area (Å²) in [4.78, 5) is 17.7. The van der Waals surface area contributed by atoms with Crippen LogP contribution in [-0.4, -0.2) is 18.1 Å². The zero-order chi connectivity index (χ0) is 19.5. The molecule has 4 rings (SSSR count). The molecule has 0 aliphatic rings. The van der Waals surface area contributed by atoms with Crippen LogP contribution < -0.4 is 0 Å². The number of carbonyl (C=O) groups is 1. The molecule has 0 fully saturated rings. The van der Waals surface area contributed by atoms with E-state index in [0.29, 0.717) is 0 Å². The van der Waals surface area contributed by atoms with Gasteiger partial charge in [0, 0.05) is 15.4 Å². The van der Waals surface area contributed by atoms with Crippen molar-refractivity contribution in [2.24, 2.45) is 0 Å². The molecule has 0 radical (unpaired) electrons. The van der Waals surface area contributed by atoms with E-state index in [9.17, 15) is 4.79 Å². The van der Waals surface area contributed by atoms with Gasteiger partial charge in [-0.3, -0.25) is 4.79 Å². The number of benzene rings is 3. The van der Waals surface area contributed by atoms with Crippen molar-refractivity contribution < 1.29 is 9.53 Å². The molecule has 0 saturated heterocycles. The first-order chi connectivity index (χ1) is 13.7. The van der Waals surface area contributed by atoms with Crippen LogP contribution in [0.5, 0.6) is 0 Å².